The van der Waals surface area contributed by atoms with E-state index in [1.165, 1.54) is 18.2 Å². The lowest BCUT2D eigenvalue weighted by Crippen LogP contribution is -2.47. The van der Waals surface area contributed by atoms with Crippen LogP contribution in [0.15, 0.2) is 72.8 Å². The van der Waals surface area contributed by atoms with Crippen molar-refractivity contribution in [1.82, 2.24) is 15.3 Å². The Hall–Kier alpha value is -4.00. The van der Waals surface area contributed by atoms with E-state index >= 15 is 0 Å². The molecule has 0 aliphatic carbocycles. The van der Waals surface area contributed by atoms with Crippen molar-refractivity contribution in [3.8, 4) is 11.4 Å². The van der Waals surface area contributed by atoms with Gasteiger partial charge in [0.15, 0.2) is 0 Å². The lowest BCUT2D eigenvalue weighted by atomic mass is 10.0. The van der Waals surface area contributed by atoms with Crippen molar-refractivity contribution in [2.45, 2.75) is 19.9 Å². The van der Waals surface area contributed by atoms with E-state index < -0.39 is 23.7 Å². The molecule has 1 atom stereocenters. The highest BCUT2D eigenvalue weighted by atomic mass is 19.1. The summed E-state index contributed by atoms with van der Waals surface area (Å²) in [6.45, 7) is 3.63. The Labute approximate surface area is 184 Å². The Balaban J connectivity index is 1.58. The topological polar surface area (TPSA) is 86.9 Å². The molecule has 1 heterocycles. The van der Waals surface area contributed by atoms with E-state index in [-0.39, 0.29) is 11.5 Å². The van der Waals surface area contributed by atoms with Crippen LogP contribution in [0, 0.1) is 11.7 Å². The number of rotatable bonds is 6. The summed E-state index contributed by atoms with van der Waals surface area (Å²) >= 11 is 0. The Morgan fingerprint density at radius 2 is 1.62 bits per heavy atom. The SMILES string of the molecule is CC(C)[C@@H](NC(=O)c1ccccc1F)C(=O)Nc1ccccc1-c1nc2ccccc2[nH]1. The summed E-state index contributed by atoms with van der Waals surface area (Å²) < 4.78 is 14.0. The van der Waals surface area contributed by atoms with Crippen LogP contribution >= 0.6 is 0 Å². The Morgan fingerprint density at radius 1 is 0.938 bits per heavy atom. The zero-order chi connectivity index (χ0) is 22.7. The molecule has 1 aromatic heterocycles. The van der Waals surface area contributed by atoms with Gasteiger partial charge in [0.2, 0.25) is 5.91 Å². The third kappa shape index (κ3) is 4.37. The molecule has 3 aromatic carbocycles. The van der Waals surface area contributed by atoms with Gasteiger partial charge in [-0.2, -0.15) is 0 Å². The molecule has 0 fully saturated rings. The number of fused-ring (bicyclic) bond motifs is 1. The summed E-state index contributed by atoms with van der Waals surface area (Å²) in [6.07, 6.45) is 0. The molecular weight excluding hydrogens is 407 g/mol. The molecule has 0 bridgehead atoms. The molecule has 0 saturated carbocycles. The Bertz CT molecular complexity index is 1250. The van der Waals surface area contributed by atoms with Crippen molar-refractivity contribution >= 4 is 28.5 Å². The normalized spacial score (nSPS) is 12.0. The Kier molecular flexibility index (Phi) is 5.98. The third-order valence-corrected chi connectivity index (χ3v) is 5.18. The summed E-state index contributed by atoms with van der Waals surface area (Å²) in [5.74, 6) is -1.26. The van der Waals surface area contributed by atoms with Crippen LogP contribution in [0.5, 0.6) is 0 Å². The van der Waals surface area contributed by atoms with Crippen molar-refractivity contribution in [2.24, 2.45) is 5.92 Å². The van der Waals surface area contributed by atoms with E-state index in [1.807, 2.05) is 56.3 Å². The molecule has 2 amide bonds. The summed E-state index contributed by atoms with van der Waals surface area (Å²) in [7, 11) is 0. The van der Waals surface area contributed by atoms with Gasteiger partial charge in [0.25, 0.3) is 5.91 Å². The number of aromatic amines is 1. The van der Waals surface area contributed by atoms with Gasteiger partial charge in [-0.3, -0.25) is 9.59 Å². The minimum Gasteiger partial charge on any atom is -0.340 e. The number of benzene rings is 3. The van der Waals surface area contributed by atoms with Gasteiger partial charge in [-0.1, -0.05) is 50.2 Å². The number of carbonyl (C=O) groups excluding carboxylic acids is 2. The number of aromatic nitrogens is 2. The highest BCUT2D eigenvalue weighted by molar-refractivity contribution is 6.03. The number of para-hydroxylation sites is 3. The van der Waals surface area contributed by atoms with Crippen LogP contribution in [-0.4, -0.2) is 27.8 Å². The second-order valence-electron chi connectivity index (χ2n) is 7.81. The van der Waals surface area contributed by atoms with E-state index in [4.69, 9.17) is 0 Å². The first kappa shape index (κ1) is 21.2. The van der Waals surface area contributed by atoms with E-state index in [2.05, 4.69) is 20.6 Å². The zero-order valence-electron chi connectivity index (χ0n) is 17.7. The maximum absolute atomic E-state index is 14.0. The summed E-state index contributed by atoms with van der Waals surface area (Å²) in [4.78, 5) is 33.6. The minimum atomic E-state index is -0.856. The number of carbonyl (C=O) groups is 2. The maximum Gasteiger partial charge on any atom is 0.254 e. The first-order chi connectivity index (χ1) is 15.4. The minimum absolute atomic E-state index is 0.103. The molecule has 0 radical (unpaired) electrons. The number of anilines is 1. The van der Waals surface area contributed by atoms with Gasteiger partial charge in [0, 0.05) is 5.56 Å². The van der Waals surface area contributed by atoms with Gasteiger partial charge >= 0.3 is 0 Å². The van der Waals surface area contributed by atoms with Crippen molar-refractivity contribution in [3.63, 3.8) is 0 Å². The number of nitrogens with one attached hydrogen (secondary N) is 3. The molecule has 0 aliphatic heterocycles. The fourth-order valence-electron chi connectivity index (χ4n) is 3.49. The molecule has 0 unspecified atom stereocenters. The first-order valence-electron chi connectivity index (χ1n) is 10.3. The Morgan fingerprint density at radius 3 is 2.38 bits per heavy atom. The molecule has 4 rings (SSSR count). The molecule has 0 aliphatic rings. The molecule has 4 aromatic rings. The van der Waals surface area contributed by atoms with Crippen molar-refractivity contribution in [3.05, 3.63) is 84.2 Å². The summed E-state index contributed by atoms with van der Waals surface area (Å²) in [5, 5.41) is 5.56. The van der Waals surface area contributed by atoms with Gasteiger partial charge in [-0.15, -0.1) is 0 Å². The number of halogens is 1. The lowest BCUT2D eigenvalue weighted by Gasteiger charge is -2.22. The van der Waals surface area contributed by atoms with Gasteiger partial charge in [0.1, 0.15) is 17.7 Å². The molecule has 3 N–H and O–H groups in total. The number of hydrogen-bond acceptors (Lipinski definition) is 3. The van der Waals surface area contributed by atoms with Gasteiger partial charge in [0.05, 0.1) is 22.3 Å². The van der Waals surface area contributed by atoms with Crippen molar-refractivity contribution in [1.29, 1.82) is 0 Å². The maximum atomic E-state index is 14.0. The van der Waals surface area contributed by atoms with Crippen molar-refractivity contribution in [2.75, 3.05) is 5.32 Å². The first-order valence-corrected chi connectivity index (χ1v) is 10.3. The van der Waals surface area contributed by atoms with Crippen molar-refractivity contribution < 1.29 is 14.0 Å². The van der Waals surface area contributed by atoms with E-state index in [9.17, 15) is 14.0 Å². The molecule has 162 valence electrons. The predicted molar refractivity (Wildman–Crippen MR) is 123 cm³/mol. The number of imidazole rings is 1. The summed E-state index contributed by atoms with van der Waals surface area (Å²) in [5.41, 5.74) is 2.89. The van der Waals surface area contributed by atoms with Crippen LogP contribution in [0.4, 0.5) is 10.1 Å². The van der Waals surface area contributed by atoms with Gasteiger partial charge in [-0.25, -0.2) is 9.37 Å². The number of H-pyrrole nitrogens is 1. The van der Waals surface area contributed by atoms with Crippen LogP contribution in [0.1, 0.15) is 24.2 Å². The zero-order valence-corrected chi connectivity index (χ0v) is 17.7. The number of nitrogens with zero attached hydrogens (tertiary/aromatic N) is 1. The predicted octanol–water partition coefficient (Wildman–Crippen LogP) is 4.76. The third-order valence-electron chi connectivity index (χ3n) is 5.18. The largest absolute Gasteiger partial charge is 0.340 e. The van der Waals surface area contributed by atoms with Gasteiger partial charge in [-0.05, 0) is 42.3 Å². The lowest BCUT2D eigenvalue weighted by molar-refractivity contribution is -0.118. The molecule has 32 heavy (non-hydrogen) atoms. The van der Waals surface area contributed by atoms with Crippen LogP contribution < -0.4 is 10.6 Å². The summed E-state index contributed by atoms with van der Waals surface area (Å²) in [6, 6.07) is 19.8. The van der Waals surface area contributed by atoms with E-state index in [0.717, 1.165) is 16.6 Å². The monoisotopic (exact) mass is 430 g/mol. The molecule has 7 heteroatoms. The standard InChI is InChI=1S/C25H23FN4O2/c1-15(2)22(30-24(31)16-9-3-5-11-18(16)26)25(32)29-19-12-6-4-10-17(19)23-27-20-13-7-8-14-21(20)28-23/h3-15,22H,1-2H3,(H,27,28)(H,29,32)(H,30,31)/t22-/m1/s1. The fraction of sp³-hybridized carbons (Fsp3) is 0.160. The highest BCUT2D eigenvalue weighted by Crippen LogP contribution is 2.28. The molecule has 0 spiro atoms. The van der Waals surface area contributed by atoms with Crippen LogP contribution in [0.25, 0.3) is 22.4 Å². The van der Waals surface area contributed by atoms with Gasteiger partial charge < -0.3 is 15.6 Å². The second kappa shape index (κ2) is 9.01. The number of amides is 2. The second-order valence-corrected chi connectivity index (χ2v) is 7.81. The van der Waals surface area contributed by atoms with Crippen LogP contribution in [0.2, 0.25) is 0 Å². The van der Waals surface area contributed by atoms with E-state index in [1.54, 1.807) is 12.1 Å². The smallest absolute Gasteiger partial charge is 0.254 e. The fourth-order valence-corrected chi connectivity index (χ4v) is 3.49. The average molecular weight is 430 g/mol. The van der Waals surface area contributed by atoms with Crippen LogP contribution in [-0.2, 0) is 4.79 Å². The van der Waals surface area contributed by atoms with E-state index in [0.29, 0.717) is 11.5 Å². The average Bonchev–Trinajstić information content (AvgIpc) is 3.21. The quantitative estimate of drug-likeness (QED) is 0.412. The highest BCUT2D eigenvalue weighted by Gasteiger charge is 2.26. The molecule has 6 nitrogen and oxygen atoms in total. The van der Waals surface area contributed by atoms with Crippen LogP contribution in [0.3, 0.4) is 0 Å². The number of hydrogen-bond donors (Lipinski definition) is 3. The molecular formula is C25H23FN4O2. The molecule has 0 saturated heterocycles.